The average molecular weight is 266 g/mol. The molecular weight excluding hydrogens is 252 g/mol. The molecular formula is C15H11N4O+. The monoisotopic (exact) mass is 266 g/mol. The fourth-order valence-electron chi connectivity index (χ4n) is 2.95. The van der Waals surface area contributed by atoms with Crippen LogP contribution in [0.25, 0.3) is 33.7 Å². The Morgan fingerprint density at radius 2 is 2.40 bits per heavy atom. The zero-order chi connectivity index (χ0) is 15.8. The van der Waals surface area contributed by atoms with Crippen LogP contribution < -0.4 is 4.57 Å². The normalized spacial score (nSPS) is 15.9. The lowest BCUT2D eigenvalue weighted by Gasteiger charge is -1.93. The molecule has 0 saturated heterocycles. The first-order chi connectivity index (χ1) is 11.1. The van der Waals surface area contributed by atoms with Crippen LogP contribution in [-0.4, -0.2) is 14.5 Å². The summed E-state index contributed by atoms with van der Waals surface area (Å²) < 4.78 is 32.7. The number of hydrogen-bond donors (Lipinski definition) is 0. The molecule has 0 unspecified atom stereocenters. The van der Waals surface area contributed by atoms with E-state index in [0.29, 0.717) is 34.7 Å². The number of hydrogen-bond acceptors (Lipinski definition) is 3. The number of pyridine rings is 2. The predicted molar refractivity (Wildman–Crippen MR) is 73.0 cm³/mol. The minimum absolute atomic E-state index is 0.330. The van der Waals surface area contributed by atoms with E-state index in [1.165, 1.54) is 4.57 Å². The van der Waals surface area contributed by atoms with Gasteiger partial charge in [-0.15, -0.1) is 4.57 Å². The van der Waals surface area contributed by atoms with Crippen LogP contribution in [0.4, 0.5) is 0 Å². The highest BCUT2D eigenvalue weighted by molar-refractivity contribution is 5.99. The van der Waals surface area contributed by atoms with Crippen LogP contribution in [0.15, 0.2) is 41.2 Å². The van der Waals surface area contributed by atoms with Crippen molar-refractivity contribution in [3.05, 3.63) is 42.4 Å². The fourth-order valence-corrected chi connectivity index (χ4v) is 2.95. The van der Waals surface area contributed by atoms with Crippen LogP contribution in [0.5, 0.6) is 0 Å². The third-order valence-electron chi connectivity index (χ3n) is 3.83. The maximum absolute atomic E-state index is 7.84. The van der Waals surface area contributed by atoms with Crippen molar-refractivity contribution in [3.8, 4) is 11.5 Å². The summed E-state index contributed by atoms with van der Waals surface area (Å²) in [5.74, 6) is 0.651. The Labute approximate surface area is 118 Å². The third-order valence-corrected chi connectivity index (χ3v) is 3.83. The van der Waals surface area contributed by atoms with Crippen LogP contribution in [0.1, 0.15) is 9.68 Å². The standard InChI is InChI=1S/C15H11N4O/c1-18-11-3-2-5-17-12(11)13-15(18)20-14-10-4-6-16-7-9(10)8-19(13)14/h2-7H,8H2,1H3/q+1/i1D3. The van der Waals surface area contributed by atoms with Crippen LogP contribution >= 0.6 is 0 Å². The molecule has 0 N–H and O–H groups in total. The van der Waals surface area contributed by atoms with E-state index in [2.05, 4.69) is 9.97 Å². The maximum atomic E-state index is 7.84. The molecule has 5 rings (SSSR count). The highest BCUT2D eigenvalue weighted by Crippen LogP contribution is 2.33. The molecule has 0 radical (unpaired) electrons. The van der Waals surface area contributed by atoms with E-state index < -0.39 is 6.98 Å². The molecule has 5 heterocycles. The van der Waals surface area contributed by atoms with E-state index in [-0.39, 0.29) is 0 Å². The molecule has 0 fully saturated rings. The summed E-state index contributed by atoms with van der Waals surface area (Å²) in [6.07, 6.45) is 5.17. The molecule has 0 atom stereocenters. The van der Waals surface area contributed by atoms with Gasteiger partial charge in [0.1, 0.15) is 0 Å². The van der Waals surface area contributed by atoms with E-state index >= 15 is 0 Å². The number of rotatable bonds is 0. The molecule has 5 heteroatoms. The molecule has 4 aromatic heterocycles. The van der Waals surface area contributed by atoms with Gasteiger partial charge in [-0.3, -0.25) is 4.98 Å². The lowest BCUT2D eigenvalue weighted by Crippen LogP contribution is -2.30. The Bertz CT molecular complexity index is 1090. The van der Waals surface area contributed by atoms with Gasteiger partial charge in [-0.25, -0.2) is 4.98 Å². The summed E-state index contributed by atoms with van der Waals surface area (Å²) >= 11 is 0. The van der Waals surface area contributed by atoms with Gasteiger partial charge in [0.05, 0.1) is 16.6 Å². The van der Waals surface area contributed by atoms with Crippen molar-refractivity contribution in [2.45, 2.75) is 6.54 Å². The largest absolute Gasteiger partial charge is 0.383 e. The average Bonchev–Trinajstić information content (AvgIpc) is 3.12. The van der Waals surface area contributed by atoms with Gasteiger partial charge in [0.15, 0.2) is 12.1 Å². The smallest absolute Gasteiger partial charge is 0.380 e. The zero-order valence-electron chi connectivity index (χ0n) is 13.4. The first kappa shape index (κ1) is 7.79. The topological polar surface area (TPSA) is 47.7 Å². The lowest BCUT2D eigenvalue weighted by molar-refractivity contribution is -0.648. The van der Waals surface area contributed by atoms with Gasteiger partial charge in [0, 0.05) is 29.7 Å². The van der Waals surface area contributed by atoms with Gasteiger partial charge < -0.3 is 8.98 Å². The van der Waals surface area contributed by atoms with Crippen molar-refractivity contribution in [1.82, 2.24) is 14.5 Å². The predicted octanol–water partition coefficient (Wildman–Crippen LogP) is 2.03. The van der Waals surface area contributed by atoms with E-state index in [9.17, 15) is 0 Å². The maximum Gasteiger partial charge on any atom is 0.383 e. The molecule has 4 aromatic rings. The Balaban J connectivity index is 1.96. The molecule has 0 spiro atoms. The van der Waals surface area contributed by atoms with Gasteiger partial charge in [0.2, 0.25) is 0 Å². The van der Waals surface area contributed by atoms with Gasteiger partial charge in [-0.2, -0.15) is 0 Å². The molecule has 0 aliphatic carbocycles. The molecule has 5 nitrogen and oxygen atoms in total. The van der Waals surface area contributed by atoms with E-state index in [4.69, 9.17) is 8.53 Å². The molecule has 1 aliphatic rings. The molecule has 0 amide bonds. The van der Waals surface area contributed by atoms with Crippen LogP contribution in [-0.2, 0) is 13.5 Å². The third kappa shape index (κ3) is 1.02. The van der Waals surface area contributed by atoms with Gasteiger partial charge in [0.25, 0.3) is 11.2 Å². The zero-order valence-corrected chi connectivity index (χ0v) is 10.4. The highest BCUT2D eigenvalue weighted by Gasteiger charge is 2.37. The number of oxazole rings is 1. The molecule has 96 valence electrons. The summed E-state index contributed by atoms with van der Waals surface area (Å²) in [4.78, 5) is 8.53. The number of aryl methyl sites for hydroxylation is 1. The summed E-state index contributed by atoms with van der Waals surface area (Å²) in [5, 5.41) is 0. The number of fused-ring (bicyclic) bond motifs is 7. The SMILES string of the molecule is [2H]C([2H])([2H])n1c2cccnc2c2c1oc1[n+]2Cc2cnccc2-1. The quantitative estimate of drug-likeness (QED) is 0.403. The summed E-state index contributed by atoms with van der Waals surface area (Å²) in [7, 11) is 0. The highest BCUT2D eigenvalue weighted by atomic mass is 16.4. The van der Waals surface area contributed by atoms with E-state index in [1.807, 2.05) is 10.6 Å². The van der Waals surface area contributed by atoms with Gasteiger partial charge >= 0.3 is 5.89 Å². The summed E-state index contributed by atoms with van der Waals surface area (Å²) in [5.41, 5.74) is 4.22. The van der Waals surface area contributed by atoms with Crippen molar-refractivity contribution in [2.75, 3.05) is 0 Å². The van der Waals surface area contributed by atoms with Crippen molar-refractivity contribution >= 4 is 22.3 Å². The molecule has 20 heavy (non-hydrogen) atoms. The van der Waals surface area contributed by atoms with E-state index in [0.717, 1.165) is 11.1 Å². The van der Waals surface area contributed by atoms with Crippen molar-refractivity contribution in [2.24, 2.45) is 6.98 Å². The van der Waals surface area contributed by atoms with Crippen molar-refractivity contribution < 1.29 is 13.1 Å². The minimum atomic E-state index is -2.34. The molecule has 1 aliphatic heterocycles. The summed E-state index contributed by atoms with van der Waals surface area (Å²) in [6, 6.07) is 5.36. The summed E-state index contributed by atoms with van der Waals surface area (Å²) in [6.45, 7) is -1.74. The fraction of sp³-hybridized carbons (Fsp3) is 0.133. The van der Waals surface area contributed by atoms with Gasteiger partial charge in [-0.1, -0.05) is 0 Å². The Morgan fingerprint density at radius 1 is 1.40 bits per heavy atom. The van der Waals surface area contributed by atoms with Crippen molar-refractivity contribution in [3.63, 3.8) is 0 Å². The second-order valence-corrected chi connectivity index (χ2v) is 4.89. The second-order valence-electron chi connectivity index (χ2n) is 4.89. The first-order valence-electron chi connectivity index (χ1n) is 7.81. The van der Waals surface area contributed by atoms with Crippen LogP contribution in [0.2, 0.25) is 0 Å². The Kier molecular flexibility index (Phi) is 1.27. The van der Waals surface area contributed by atoms with Crippen molar-refractivity contribution in [1.29, 1.82) is 0 Å². The Morgan fingerprint density at radius 3 is 3.35 bits per heavy atom. The Hall–Kier alpha value is -2.69. The number of aromatic nitrogens is 4. The van der Waals surface area contributed by atoms with Crippen LogP contribution in [0.3, 0.4) is 0 Å². The second kappa shape index (κ2) is 3.25. The van der Waals surface area contributed by atoms with Gasteiger partial charge in [-0.05, 0) is 18.2 Å². The lowest BCUT2D eigenvalue weighted by atomic mass is 10.2. The molecule has 0 aromatic carbocycles. The molecule has 0 saturated carbocycles. The first-order valence-corrected chi connectivity index (χ1v) is 6.31. The van der Waals surface area contributed by atoms with E-state index in [1.54, 1.807) is 30.7 Å². The number of nitrogens with zero attached hydrogens (tertiary/aromatic N) is 4. The minimum Gasteiger partial charge on any atom is -0.380 e. The van der Waals surface area contributed by atoms with Crippen LogP contribution in [0, 0.1) is 0 Å². The molecule has 0 bridgehead atoms.